The van der Waals surface area contributed by atoms with Gasteiger partial charge in [-0.3, -0.25) is 4.79 Å². The molecule has 0 aromatic heterocycles. The van der Waals surface area contributed by atoms with Crippen LogP contribution < -0.4 is 14.8 Å². The molecule has 0 spiro atoms. The molecule has 26 heavy (non-hydrogen) atoms. The second-order valence-electron chi connectivity index (χ2n) is 6.12. The maximum absolute atomic E-state index is 12.6. The largest absolute Gasteiger partial charge is 0.490 e. The number of rotatable bonds is 3. The molecule has 0 fully saturated rings. The second-order valence-corrected chi connectivity index (χ2v) is 6.12. The molecule has 1 N–H and O–H groups in total. The van der Waals surface area contributed by atoms with Gasteiger partial charge >= 0.3 is 5.97 Å². The number of benzene rings is 2. The summed E-state index contributed by atoms with van der Waals surface area (Å²) in [6.07, 6.45) is 0.801. The van der Waals surface area contributed by atoms with Crippen LogP contribution in [-0.4, -0.2) is 32.2 Å². The summed E-state index contributed by atoms with van der Waals surface area (Å²) in [5.41, 5.74) is 3.13. The molecule has 136 valence electrons. The molecule has 1 aliphatic heterocycles. The molecule has 1 heterocycles. The van der Waals surface area contributed by atoms with Crippen molar-refractivity contribution in [3.63, 3.8) is 0 Å². The van der Waals surface area contributed by atoms with Crippen molar-refractivity contribution < 1.29 is 23.8 Å². The number of esters is 1. The molecule has 6 nitrogen and oxygen atoms in total. The first-order valence-electron chi connectivity index (χ1n) is 8.40. The van der Waals surface area contributed by atoms with Gasteiger partial charge in [-0.25, -0.2) is 4.79 Å². The molecule has 2 aromatic carbocycles. The Balaban J connectivity index is 1.85. The fourth-order valence-electron chi connectivity index (χ4n) is 2.76. The van der Waals surface area contributed by atoms with Gasteiger partial charge in [0.15, 0.2) is 11.5 Å². The van der Waals surface area contributed by atoms with Gasteiger partial charge in [0.25, 0.3) is 5.91 Å². The predicted molar refractivity (Wildman–Crippen MR) is 97.3 cm³/mol. The van der Waals surface area contributed by atoms with E-state index in [4.69, 9.17) is 14.2 Å². The highest BCUT2D eigenvalue weighted by molar-refractivity contribution is 6.05. The third kappa shape index (κ3) is 3.64. The number of anilines is 1. The van der Waals surface area contributed by atoms with Crippen LogP contribution in [0.15, 0.2) is 30.3 Å². The molecular weight excluding hydrogens is 334 g/mol. The lowest BCUT2D eigenvalue weighted by Gasteiger charge is -2.13. The van der Waals surface area contributed by atoms with E-state index < -0.39 is 5.97 Å². The number of nitrogens with one attached hydrogen (secondary N) is 1. The number of hydrogen-bond acceptors (Lipinski definition) is 5. The summed E-state index contributed by atoms with van der Waals surface area (Å²) in [4.78, 5) is 24.5. The number of ether oxygens (including phenoxy) is 3. The van der Waals surface area contributed by atoms with Gasteiger partial charge in [0.05, 0.1) is 25.9 Å². The molecule has 2 aromatic rings. The number of carbonyl (C=O) groups excluding carboxylic acids is 2. The summed E-state index contributed by atoms with van der Waals surface area (Å²) in [5, 5.41) is 2.82. The average molecular weight is 355 g/mol. The monoisotopic (exact) mass is 355 g/mol. The Kier molecular flexibility index (Phi) is 5.11. The maximum atomic E-state index is 12.6. The van der Waals surface area contributed by atoms with Crippen LogP contribution >= 0.6 is 0 Å². The molecule has 0 aliphatic carbocycles. The minimum Gasteiger partial charge on any atom is -0.490 e. The highest BCUT2D eigenvalue weighted by Crippen LogP contribution is 2.31. The van der Waals surface area contributed by atoms with Crippen molar-refractivity contribution in [2.45, 2.75) is 20.3 Å². The summed E-state index contributed by atoms with van der Waals surface area (Å²) >= 11 is 0. The van der Waals surface area contributed by atoms with Crippen LogP contribution in [0.25, 0.3) is 0 Å². The van der Waals surface area contributed by atoms with E-state index in [0.717, 1.165) is 17.5 Å². The number of methoxy groups -OCH3 is 1. The highest BCUT2D eigenvalue weighted by atomic mass is 16.5. The van der Waals surface area contributed by atoms with Gasteiger partial charge in [0, 0.05) is 17.7 Å². The Bertz CT molecular complexity index is 860. The molecule has 0 unspecified atom stereocenters. The first kappa shape index (κ1) is 17.8. The van der Waals surface area contributed by atoms with E-state index in [1.165, 1.54) is 7.11 Å². The first-order valence-corrected chi connectivity index (χ1v) is 8.40. The zero-order valence-corrected chi connectivity index (χ0v) is 15.0. The highest BCUT2D eigenvalue weighted by Gasteiger charge is 2.17. The Morgan fingerprint density at radius 1 is 1.04 bits per heavy atom. The Morgan fingerprint density at radius 2 is 1.77 bits per heavy atom. The summed E-state index contributed by atoms with van der Waals surface area (Å²) in [6.45, 7) is 4.87. The zero-order valence-electron chi connectivity index (χ0n) is 15.0. The van der Waals surface area contributed by atoms with Crippen molar-refractivity contribution in [1.82, 2.24) is 0 Å². The van der Waals surface area contributed by atoms with E-state index in [2.05, 4.69) is 5.32 Å². The molecule has 1 aliphatic rings. The molecule has 0 atom stereocenters. The van der Waals surface area contributed by atoms with Crippen LogP contribution in [0.5, 0.6) is 11.5 Å². The minimum atomic E-state index is -0.433. The lowest BCUT2D eigenvalue weighted by molar-refractivity contribution is 0.0599. The smallest absolute Gasteiger partial charge is 0.338 e. The second kappa shape index (κ2) is 7.47. The van der Waals surface area contributed by atoms with Crippen LogP contribution in [0.4, 0.5) is 5.69 Å². The van der Waals surface area contributed by atoms with Crippen molar-refractivity contribution in [3.8, 4) is 11.5 Å². The fourth-order valence-corrected chi connectivity index (χ4v) is 2.76. The van der Waals surface area contributed by atoms with Crippen molar-refractivity contribution in [3.05, 3.63) is 52.6 Å². The standard InChI is InChI=1S/C20H21NO5/c1-12-9-15(11-16(13(12)2)20(23)24-3)21-19(22)14-5-6-17-18(10-14)26-8-4-7-25-17/h5-6,9-11H,4,7-8H2,1-3H3,(H,21,22). The number of aryl methyl sites for hydroxylation is 1. The quantitative estimate of drug-likeness (QED) is 0.853. The number of hydrogen-bond donors (Lipinski definition) is 1. The summed E-state index contributed by atoms with van der Waals surface area (Å²) in [7, 11) is 1.33. The SMILES string of the molecule is COC(=O)c1cc(NC(=O)c2ccc3c(c2)OCCCO3)cc(C)c1C. The van der Waals surface area contributed by atoms with Crippen LogP contribution in [0, 0.1) is 13.8 Å². The van der Waals surface area contributed by atoms with E-state index >= 15 is 0 Å². The lowest BCUT2D eigenvalue weighted by atomic mass is 10.0. The molecule has 0 saturated heterocycles. The Hall–Kier alpha value is -3.02. The van der Waals surface area contributed by atoms with Gasteiger partial charge in [-0.15, -0.1) is 0 Å². The molecule has 0 saturated carbocycles. The van der Waals surface area contributed by atoms with Gasteiger partial charge in [-0.2, -0.15) is 0 Å². The molecule has 0 bridgehead atoms. The third-order valence-electron chi connectivity index (χ3n) is 4.34. The maximum Gasteiger partial charge on any atom is 0.338 e. The van der Waals surface area contributed by atoms with Gasteiger partial charge in [0.2, 0.25) is 0 Å². The van der Waals surface area contributed by atoms with Crippen LogP contribution in [0.1, 0.15) is 38.3 Å². The summed E-state index contributed by atoms with van der Waals surface area (Å²) in [6, 6.07) is 8.52. The first-order chi connectivity index (χ1) is 12.5. The topological polar surface area (TPSA) is 73.9 Å². The fraction of sp³-hybridized carbons (Fsp3) is 0.300. The van der Waals surface area contributed by atoms with E-state index in [9.17, 15) is 9.59 Å². The predicted octanol–water partition coefficient (Wildman–Crippen LogP) is 3.50. The third-order valence-corrected chi connectivity index (χ3v) is 4.34. The molecular formula is C20H21NO5. The van der Waals surface area contributed by atoms with Gasteiger partial charge in [-0.1, -0.05) is 0 Å². The number of amides is 1. The molecule has 6 heteroatoms. The van der Waals surface area contributed by atoms with E-state index in [-0.39, 0.29) is 5.91 Å². The molecule has 0 radical (unpaired) electrons. The summed E-state index contributed by atoms with van der Waals surface area (Å²) in [5.74, 6) is 0.473. The van der Waals surface area contributed by atoms with Crippen molar-refractivity contribution in [2.24, 2.45) is 0 Å². The van der Waals surface area contributed by atoms with Crippen LogP contribution in [0.2, 0.25) is 0 Å². The van der Waals surface area contributed by atoms with Crippen LogP contribution in [0.3, 0.4) is 0 Å². The normalized spacial score (nSPS) is 12.9. The number of carbonyl (C=O) groups is 2. The number of fused-ring (bicyclic) bond motifs is 1. The molecule has 1 amide bonds. The van der Waals surface area contributed by atoms with Gasteiger partial charge in [-0.05, 0) is 55.3 Å². The molecule has 3 rings (SSSR count). The van der Waals surface area contributed by atoms with Gasteiger partial charge in [0.1, 0.15) is 0 Å². The van der Waals surface area contributed by atoms with Crippen molar-refractivity contribution in [2.75, 3.05) is 25.6 Å². The minimum absolute atomic E-state index is 0.292. The lowest BCUT2D eigenvalue weighted by Crippen LogP contribution is -2.14. The average Bonchev–Trinajstić information content (AvgIpc) is 2.88. The van der Waals surface area contributed by atoms with Crippen LogP contribution in [-0.2, 0) is 4.74 Å². The Labute approximate surface area is 152 Å². The summed E-state index contributed by atoms with van der Waals surface area (Å²) < 4.78 is 16.0. The van der Waals surface area contributed by atoms with E-state index in [1.54, 1.807) is 24.3 Å². The zero-order chi connectivity index (χ0) is 18.7. The Morgan fingerprint density at radius 3 is 2.50 bits per heavy atom. The van der Waals surface area contributed by atoms with Crippen molar-refractivity contribution in [1.29, 1.82) is 0 Å². The van der Waals surface area contributed by atoms with E-state index in [1.807, 2.05) is 19.9 Å². The van der Waals surface area contributed by atoms with E-state index in [0.29, 0.717) is 41.5 Å². The van der Waals surface area contributed by atoms with Gasteiger partial charge < -0.3 is 19.5 Å². The van der Waals surface area contributed by atoms with Crippen molar-refractivity contribution >= 4 is 17.6 Å².